The molecule has 0 amide bonds. The summed E-state index contributed by atoms with van der Waals surface area (Å²) in [5.74, 6) is 0.830. The third-order valence-corrected chi connectivity index (χ3v) is 3.81. The molecule has 0 spiro atoms. The van der Waals surface area contributed by atoms with Crippen molar-refractivity contribution in [3.8, 4) is 5.69 Å². The molecule has 3 aromatic rings. The molecule has 0 aliphatic heterocycles. The van der Waals surface area contributed by atoms with Crippen molar-refractivity contribution in [3.05, 3.63) is 53.0 Å². The number of fused-ring (bicyclic) bond motifs is 1. The number of nitrogens with zero attached hydrogens (tertiary/aromatic N) is 3. The van der Waals surface area contributed by atoms with Crippen molar-refractivity contribution in [2.75, 3.05) is 0 Å². The summed E-state index contributed by atoms with van der Waals surface area (Å²) >= 11 is 6.34. The van der Waals surface area contributed by atoms with Crippen molar-refractivity contribution in [1.29, 1.82) is 0 Å². The lowest BCUT2D eigenvalue weighted by atomic mass is 10.1. The van der Waals surface area contributed by atoms with Gasteiger partial charge in [0, 0.05) is 5.69 Å². The summed E-state index contributed by atoms with van der Waals surface area (Å²) < 4.78 is 2.08. The maximum atomic E-state index is 6.34. The second kappa shape index (κ2) is 5.15. The van der Waals surface area contributed by atoms with E-state index in [0.717, 1.165) is 28.4 Å². The van der Waals surface area contributed by atoms with Crippen molar-refractivity contribution >= 4 is 22.8 Å². The number of aromatic nitrogens is 3. The Morgan fingerprint density at radius 1 is 1.05 bits per heavy atom. The first-order valence-corrected chi connectivity index (χ1v) is 7.48. The summed E-state index contributed by atoms with van der Waals surface area (Å²) in [6, 6.07) is 10.4. The molecule has 0 saturated heterocycles. The van der Waals surface area contributed by atoms with Gasteiger partial charge in [-0.1, -0.05) is 17.7 Å². The molecule has 1 aromatic carbocycles. The van der Waals surface area contributed by atoms with Gasteiger partial charge in [0.15, 0.2) is 5.65 Å². The van der Waals surface area contributed by atoms with Gasteiger partial charge in [0.2, 0.25) is 0 Å². The number of hydrogen-bond acceptors (Lipinski definition) is 2. The molecule has 1 unspecified atom stereocenters. The Balaban J connectivity index is 2.38. The van der Waals surface area contributed by atoms with Gasteiger partial charge in [-0.05, 0) is 51.5 Å². The summed E-state index contributed by atoms with van der Waals surface area (Å²) in [6.45, 7) is 8.13. The monoisotopic (exact) mass is 299 g/mol. The molecule has 0 radical (unpaired) electrons. The number of alkyl halides is 1. The van der Waals surface area contributed by atoms with Gasteiger partial charge >= 0.3 is 0 Å². The van der Waals surface area contributed by atoms with E-state index in [1.807, 2.05) is 26.0 Å². The maximum absolute atomic E-state index is 6.34. The van der Waals surface area contributed by atoms with Crippen LogP contribution in [-0.2, 0) is 0 Å². The summed E-state index contributed by atoms with van der Waals surface area (Å²) in [6.07, 6.45) is 0. The fraction of sp³-hybridized carbons (Fsp3) is 0.294. The molecule has 0 saturated carbocycles. The zero-order chi connectivity index (χ0) is 15.1. The van der Waals surface area contributed by atoms with Crippen LogP contribution >= 0.6 is 11.6 Å². The second-order valence-electron chi connectivity index (χ2n) is 5.51. The minimum absolute atomic E-state index is 0.180. The maximum Gasteiger partial charge on any atom is 0.164 e. The second-order valence-corrected chi connectivity index (χ2v) is 6.16. The van der Waals surface area contributed by atoms with E-state index >= 15 is 0 Å². The Bertz CT molecular complexity index is 818. The molecule has 0 aliphatic rings. The lowest BCUT2D eigenvalue weighted by molar-refractivity contribution is 0.871. The zero-order valence-electron chi connectivity index (χ0n) is 12.7. The number of halogens is 1. The Labute approximate surface area is 129 Å². The first-order chi connectivity index (χ1) is 9.97. The molecule has 2 aromatic heterocycles. The highest BCUT2D eigenvalue weighted by Crippen LogP contribution is 2.29. The van der Waals surface area contributed by atoms with E-state index in [9.17, 15) is 0 Å². The standard InChI is InChI=1S/C17H18ClN3/c1-10-5-8-15(11(2)9-10)21-16(13(4)18)20-14-7-6-12(3)19-17(14)21/h5-9,13H,1-4H3. The van der Waals surface area contributed by atoms with Crippen LogP contribution in [0.4, 0.5) is 0 Å². The van der Waals surface area contributed by atoms with Gasteiger partial charge in [0.05, 0.1) is 11.1 Å². The van der Waals surface area contributed by atoms with Crippen LogP contribution < -0.4 is 0 Å². The van der Waals surface area contributed by atoms with Crippen LogP contribution in [0, 0.1) is 20.8 Å². The van der Waals surface area contributed by atoms with Crippen LogP contribution in [0.25, 0.3) is 16.9 Å². The topological polar surface area (TPSA) is 30.7 Å². The summed E-state index contributed by atoms with van der Waals surface area (Å²) in [5.41, 5.74) is 6.24. The molecule has 1 atom stereocenters. The molecule has 108 valence electrons. The SMILES string of the molecule is Cc1ccc(-n2c(C(C)Cl)nc3ccc(C)nc32)c(C)c1. The molecule has 0 aliphatic carbocycles. The van der Waals surface area contributed by atoms with E-state index in [1.165, 1.54) is 11.1 Å². The molecular weight excluding hydrogens is 282 g/mol. The van der Waals surface area contributed by atoms with Gasteiger partial charge in [-0.25, -0.2) is 9.97 Å². The van der Waals surface area contributed by atoms with Crippen LogP contribution in [0.5, 0.6) is 0 Å². The Hall–Kier alpha value is -1.87. The molecule has 2 heterocycles. The average molecular weight is 300 g/mol. The van der Waals surface area contributed by atoms with Crippen LogP contribution in [-0.4, -0.2) is 14.5 Å². The number of pyridine rings is 1. The van der Waals surface area contributed by atoms with Gasteiger partial charge in [0.25, 0.3) is 0 Å². The van der Waals surface area contributed by atoms with E-state index in [0.29, 0.717) is 0 Å². The molecule has 0 fully saturated rings. The van der Waals surface area contributed by atoms with Crippen molar-refractivity contribution < 1.29 is 0 Å². The fourth-order valence-electron chi connectivity index (χ4n) is 2.63. The fourth-order valence-corrected chi connectivity index (χ4v) is 2.78. The van der Waals surface area contributed by atoms with E-state index < -0.39 is 0 Å². The smallest absolute Gasteiger partial charge is 0.164 e. The van der Waals surface area contributed by atoms with Gasteiger partial charge in [0.1, 0.15) is 11.3 Å². The van der Waals surface area contributed by atoms with E-state index in [1.54, 1.807) is 0 Å². The highest BCUT2D eigenvalue weighted by atomic mass is 35.5. The summed E-state index contributed by atoms with van der Waals surface area (Å²) in [4.78, 5) is 9.32. The van der Waals surface area contributed by atoms with E-state index in [2.05, 4.69) is 46.6 Å². The van der Waals surface area contributed by atoms with Crippen LogP contribution in [0.2, 0.25) is 0 Å². The highest BCUT2D eigenvalue weighted by Gasteiger charge is 2.18. The average Bonchev–Trinajstić information content (AvgIpc) is 2.77. The zero-order valence-corrected chi connectivity index (χ0v) is 13.4. The minimum Gasteiger partial charge on any atom is -0.279 e. The first kappa shape index (κ1) is 14.1. The molecule has 3 nitrogen and oxygen atoms in total. The number of rotatable bonds is 2. The highest BCUT2D eigenvalue weighted by molar-refractivity contribution is 6.20. The Morgan fingerprint density at radius 3 is 2.48 bits per heavy atom. The molecule has 0 bridgehead atoms. The summed E-state index contributed by atoms with van der Waals surface area (Å²) in [5, 5.41) is -0.180. The number of hydrogen-bond donors (Lipinski definition) is 0. The minimum atomic E-state index is -0.180. The van der Waals surface area contributed by atoms with E-state index in [-0.39, 0.29) is 5.38 Å². The molecule has 4 heteroatoms. The van der Waals surface area contributed by atoms with Crippen molar-refractivity contribution in [2.45, 2.75) is 33.1 Å². The number of benzene rings is 1. The molecule has 0 N–H and O–H groups in total. The predicted molar refractivity (Wildman–Crippen MR) is 87.3 cm³/mol. The Morgan fingerprint density at radius 2 is 1.81 bits per heavy atom. The third kappa shape index (κ3) is 2.42. The van der Waals surface area contributed by atoms with Crippen molar-refractivity contribution in [2.24, 2.45) is 0 Å². The lowest BCUT2D eigenvalue weighted by Crippen LogP contribution is -2.05. The third-order valence-electron chi connectivity index (χ3n) is 3.62. The molecule has 3 rings (SSSR count). The van der Waals surface area contributed by atoms with Crippen LogP contribution in [0.15, 0.2) is 30.3 Å². The van der Waals surface area contributed by atoms with Gasteiger partial charge < -0.3 is 0 Å². The summed E-state index contributed by atoms with van der Waals surface area (Å²) in [7, 11) is 0. The quantitative estimate of drug-likeness (QED) is 0.645. The van der Waals surface area contributed by atoms with Gasteiger partial charge in [-0.15, -0.1) is 11.6 Å². The molecule has 21 heavy (non-hydrogen) atoms. The van der Waals surface area contributed by atoms with Gasteiger partial charge in [-0.2, -0.15) is 0 Å². The number of imidazole rings is 1. The number of aryl methyl sites for hydroxylation is 3. The van der Waals surface area contributed by atoms with Gasteiger partial charge in [-0.3, -0.25) is 4.57 Å². The van der Waals surface area contributed by atoms with Crippen LogP contribution in [0.3, 0.4) is 0 Å². The largest absolute Gasteiger partial charge is 0.279 e. The Kier molecular flexibility index (Phi) is 3.46. The van der Waals surface area contributed by atoms with E-state index in [4.69, 9.17) is 11.6 Å². The van der Waals surface area contributed by atoms with Crippen molar-refractivity contribution in [3.63, 3.8) is 0 Å². The predicted octanol–water partition coefficient (Wildman–Crippen LogP) is 4.65. The normalized spacial score (nSPS) is 12.8. The van der Waals surface area contributed by atoms with Crippen LogP contribution in [0.1, 0.15) is 34.9 Å². The van der Waals surface area contributed by atoms with Crippen molar-refractivity contribution in [1.82, 2.24) is 14.5 Å². The first-order valence-electron chi connectivity index (χ1n) is 7.05. The molecular formula is C17H18ClN3. The lowest BCUT2D eigenvalue weighted by Gasteiger charge is -2.13.